The average Bonchev–Trinajstić information content (AvgIpc) is 3.21. The van der Waals surface area contributed by atoms with Crippen molar-refractivity contribution >= 4 is 40.3 Å². The van der Waals surface area contributed by atoms with Crippen LogP contribution in [-0.4, -0.2) is 33.4 Å². The van der Waals surface area contributed by atoms with Crippen molar-refractivity contribution in [2.75, 3.05) is 11.9 Å². The number of halogens is 1. The highest BCUT2D eigenvalue weighted by molar-refractivity contribution is 6.31. The number of nitrogens with zero attached hydrogens (tertiary/aromatic N) is 3. The summed E-state index contributed by atoms with van der Waals surface area (Å²) >= 11 is 6.19. The molecule has 8 heteroatoms. The first-order valence-electron chi connectivity index (χ1n) is 11.7. The molecule has 0 aliphatic heterocycles. The summed E-state index contributed by atoms with van der Waals surface area (Å²) in [6.45, 7) is 6.26. The summed E-state index contributed by atoms with van der Waals surface area (Å²) < 4.78 is 0. The zero-order valence-corrected chi connectivity index (χ0v) is 20.9. The minimum Gasteiger partial charge on any atom is -0.361 e. The van der Waals surface area contributed by atoms with Crippen LogP contribution in [0, 0.1) is 13.8 Å². The van der Waals surface area contributed by atoms with E-state index in [1.54, 1.807) is 0 Å². The van der Waals surface area contributed by atoms with E-state index in [-0.39, 0.29) is 11.8 Å². The maximum Gasteiger partial charge on any atom is 0.234 e. The quantitative estimate of drug-likeness (QED) is 0.235. The summed E-state index contributed by atoms with van der Waals surface area (Å²) in [6, 6.07) is 17.4. The normalized spacial score (nSPS) is 12.5. The molecule has 3 N–H and O–H groups in total. The summed E-state index contributed by atoms with van der Waals surface area (Å²) in [5.74, 6) is 0.299. The highest BCUT2D eigenvalue weighted by Gasteiger charge is 2.20. The lowest BCUT2D eigenvalue weighted by Crippen LogP contribution is -2.39. The van der Waals surface area contributed by atoms with Crippen molar-refractivity contribution in [3.05, 3.63) is 88.3 Å². The lowest BCUT2D eigenvalue weighted by Gasteiger charge is -2.17. The van der Waals surface area contributed by atoms with E-state index in [9.17, 15) is 4.79 Å². The molecule has 0 fully saturated rings. The van der Waals surface area contributed by atoms with Crippen molar-refractivity contribution in [3.63, 3.8) is 0 Å². The van der Waals surface area contributed by atoms with E-state index in [0.717, 1.165) is 33.4 Å². The molecule has 0 aliphatic rings. The smallest absolute Gasteiger partial charge is 0.234 e. The van der Waals surface area contributed by atoms with E-state index < -0.39 is 0 Å². The van der Waals surface area contributed by atoms with Crippen molar-refractivity contribution < 1.29 is 4.79 Å². The molecule has 2 heterocycles. The van der Waals surface area contributed by atoms with Gasteiger partial charge in [0.1, 0.15) is 0 Å². The summed E-state index contributed by atoms with van der Waals surface area (Å²) in [6.07, 6.45) is 3.31. The molecule has 0 saturated heterocycles. The highest BCUT2D eigenvalue weighted by atomic mass is 35.5. The molecule has 0 radical (unpaired) electrons. The molecule has 2 aromatic carbocycles. The zero-order chi connectivity index (χ0) is 24.8. The summed E-state index contributed by atoms with van der Waals surface area (Å²) in [5, 5.41) is 7.84. The molecule has 0 aliphatic carbocycles. The van der Waals surface area contributed by atoms with E-state index >= 15 is 0 Å². The standard InChI is InChI=1S/C27H29ClN6O/c1-4-22(19-8-6-5-7-9-19)25(35)33-26(34-27-31-17(2)14-18(3)32-27)29-13-12-20-16-30-24-11-10-21(28)15-23(20)24/h5-11,14-16,22,30H,4,12-13H2,1-3H3,(H2,29,31,32,33,34,35). The molecular formula is C27H29ClN6O. The number of benzene rings is 2. The third-order valence-electron chi connectivity index (χ3n) is 5.76. The van der Waals surface area contributed by atoms with Gasteiger partial charge >= 0.3 is 0 Å². The van der Waals surface area contributed by atoms with E-state index in [1.807, 2.05) is 81.6 Å². The SMILES string of the molecule is CCC(C(=O)NC(=NCCc1c[nH]c2ccc(Cl)cc12)Nc1nc(C)cc(C)n1)c1ccccc1. The Morgan fingerprint density at radius 3 is 2.54 bits per heavy atom. The minimum atomic E-state index is -0.292. The number of aromatic amines is 1. The van der Waals surface area contributed by atoms with E-state index in [4.69, 9.17) is 11.6 Å². The fourth-order valence-electron chi connectivity index (χ4n) is 4.11. The lowest BCUT2D eigenvalue weighted by atomic mass is 9.96. The van der Waals surface area contributed by atoms with Gasteiger partial charge in [-0.1, -0.05) is 48.9 Å². The van der Waals surface area contributed by atoms with Crippen molar-refractivity contribution in [1.82, 2.24) is 20.3 Å². The zero-order valence-electron chi connectivity index (χ0n) is 20.1. The molecule has 1 unspecified atom stereocenters. The molecule has 180 valence electrons. The second-order valence-electron chi connectivity index (χ2n) is 8.44. The van der Waals surface area contributed by atoms with Crippen LogP contribution in [0.4, 0.5) is 5.95 Å². The van der Waals surface area contributed by atoms with Gasteiger partial charge in [-0.15, -0.1) is 0 Å². The van der Waals surface area contributed by atoms with Crippen LogP contribution in [0.25, 0.3) is 10.9 Å². The fraction of sp³-hybridized carbons (Fsp3) is 0.259. The van der Waals surface area contributed by atoms with E-state index in [0.29, 0.717) is 36.3 Å². The number of nitrogens with one attached hydrogen (secondary N) is 3. The van der Waals surface area contributed by atoms with Crippen molar-refractivity contribution in [1.29, 1.82) is 0 Å². The van der Waals surface area contributed by atoms with Gasteiger partial charge in [0.2, 0.25) is 17.8 Å². The topological polar surface area (TPSA) is 95.1 Å². The van der Waals surface area contributed by atoms with Crippen LogP contribution in [0.2, 0.25) is 5.02 Å². The van der Waals surface area contributed by atoms with Crippen LogP contribution in [0.1, 0.15) is 41.8 Å². The Hall–Kier alpha value is -3.71. The number of guanidine groups is 1. The monoisotopic (exact) mass is 488 g/mol. The molecular weight excluding hydrogens is 460 g/mol. The molecule has 35 heavy (non-hydrogen) atoms. The molecule has 7 nitrogen and oxygen atoms in total. The molecule has 1 amide bonds. The van der Waals surface area contributed by atoms with Gasteiger partial charge in [-0.2, -0.15) is 0 Å². The van der Waals surface area contributed by atoms with Crippen molar-refractivity contribution in [2.24, 2.45) is 4.99 Å². The molecule has 0 saturated carbocycles. The van der Waals surface area contributed by atoms with Crippen LogP contribution in [0.15, 0.2) is 65.8 Å². The molecule has 0 bridgehead atoms. The van der Waals surface area contributed by atoms with E-state index in [2.05, 4.69) is 30.6 Å². The summed E-state index contributed by atoms with van der Waals surface area (Å²) in [7, 11) is 0. The predicted octanol–water partition coefficient (Wildman–Crippen LogP) is 5.55. The molecule has 1 atom stereocenters. The van der Waals surface area contributed by atoms with Crippen molar-refractivity contribution in [3.8, 4) is 0 Å². The third kappa shape index (κ3) is 6.25. The van der Waals surface area contributed by atoms with Gasteiger partial charge in [-0.25, -0.2) is 9.97 Å². The molecule has 4 aromatic rings. The Labute approximate surface area is 210 Å². The van der Waals surface area contributed by atoms with Gasteiger partial charge in [-0.3, -0.25) is 20.4 Å². The molecule has 2 aromatic heterocycles. The number of hydrogen-bond acceptors (Lipinski definition) is 4. The maximum atomic E-state index is 13.2. The number of carbonyl (C=O) groups excluding carboxylic acids is 1. The van der Waals surface area contributed by atoms with Gasteiger partial charge in [-0.05, 0) is 62.1 Å². The van der Waals surface area contributed by atoms with Crippen LogP contribution in [0.3, 0.4) is 0 Å². The first-order chi connectivity index (χ1) is 16.9. The first-order valence-corrected chi connectivity index (χ1v) is 12.1. The van der Waals surface area contributed by atoms with Crippen LogP contribution in [-0.2, 0) is 11.2 Å². The number of H-pyrrole nitrogens is 1. The van der Waals surface area contributed by atoms with Gasteiger partial charge < -0.3 is 4.98 Å². The summed E-state index contributed by atoms with van der Waals surface area (Å²) in [4.78, 5) is 30.0. The largest absolute Gasteiger partial charge is 0.361 e. The minimum absolute atomic E-state index is 0.131. The van der Waals surface area contributed by atoms with Gasteiger partial charge in [0, 0.05) is 40.1 Å². The summed E-state index contributed by atoms with van der Waals surface area (Å²) in [5.41, 5.74) is 4.76. The number of rotatable bonds is 7. The number of carbonyl (C=O) groups is 1. The number of hydrogen-bond donors (Lipinski definition) is 3. The van der Waals surface area contributed by atoms with Crippen LogP contribution >= 0.6 is 11.6 Å². The van der Waals surface area contributed by atoms with Crippen LogP contribution in [0.5, 0.6) is 0 Å². The Kier molecular flexibility index (Phi) is 7.77. The Morgan fingerprint density at radius 1 is 1.09 bits per heavy atom. The number of anilines is 1. The maximum absolute atomic E-state index is 13.2. The first kappa shape index (κ1) is 24.4. The predicted molar refractivity (Wildman–Crippen MR) is 142 cm³/mol. The number of aromatic nitrogens is 3. The number of aryl methyl sites for hydroxylation is 2. The average molecular weight is 489 g/mol. The Morgan fingerprint density at radius 2 is 1.83 bits per heavy atom. The number of fused-ring (bicyclic) bond motifs is 1. The molecule has 4 rings (SSSR count). The molecule has 0 spiro atoms. The van der Waals surface area contributed by atoms with Crippen LogP contribution < -0.4 is 10.6 Å². The number of aliphatic imine (C=N–C) groups is 1. The second kappa shape index (κ2) is 11.1. The number of amides is 1. The van der Waals surface area contributed by atoms with Crippen molar-refractivity contribution in [2.45, 2.75) is 39.5 Å². The fourth-order valence-corrected chi connectivity index (χ4v) is 4.28. The second-order valence-corrected chi connectivity index (χ2v) is 8.88. The van der Waals surface area contributed by atoms with Gasteiger partial charge in [0.05, 0.1) is 5.92 Å². The van der Waals surface area contributed by atoms with Gasteiger partial charge in [0.25, 0.3) is 0 Å². The highest BCUT2D eigenvalue weighted by Crippen LogP contribution is 2.23. The van der Waals surface area contributed by atoms with E-state index in [1.165, 1.54) is 0 Å². The Bertz CT molecular complexity index is 1330. The Balaban J connectivity index is 1.55. The van der Waals surface area contributed by atoms with Gasteiger partial charge in [0.15, 0.2) is 0 Å². The third-order valence-corrected chi connectivity index (χ3v) is 6.00. The lowest BCUT2D eigenvalue weighted by molar-refractivity contribution is -0.121.